The summed E-state index contributed by atoms with van der Waals surface area (Å²) in [7, 11) is 0. The number of carbonyl (C=O) groups is 1. The number of allylic oxidation sites excluding steroid dienone is 3. The minimum absolute atomic E-state index is 0.103. The number of ether oxygens (including phenoxy) is 1. The van der Waals surface area contributed by atoms with Crippen molar-refractivity contribution < 1.29 is 13.9 Å². The fraction of sp³-hybridized carbons (Fsp3) is 0.207. The molecule has 3 heterocycles. The topological polar surface area (TPSA) is 78.5 Å². The highest BCUT2D eigenvalue weighted by atomic mass is 16.5. The third-order valence-corrected chi connectivity index (χ3v) is 6.91. The predicted octanol–water partition coefficient (Wildman–Crippen LogP) is 5.13. The summed E-state index contributed by atoms with van der Waals surface area (Å²) >= 11 is 0. The van der Waals surface area contributed by atoms with Crippen LogP contribution < -0.4 is 15.9 Å². The predicted molar refractivity (Wildman–Crippen MR) is 134 cm³/mol. The van der Waals surface area contributed by atoms with E-state index in [0.29, 0.717) is 59.4 Å². The average molecular weight is 466 g/mol. The van der Waals surface area contributed by atoms with Gasteiger partial charge in [0.05, 0.1) is 22.4 Å². The number of Topliss-reactive ketones (excluding diaryl/α,β-unsaturated/α-hetero) is 1. The Balaban J connectivity index is 1.75. The van der Waals surface area contributed by atoms with Crippen molar-refractivity contribution in [3.8, 4) is 5.75 Å². The van der Waals surface area contributed by atoms with Gasteiger partial charge in [0.15, 0.2) is 5.78 Å². The maximum atomic E-state index is 13.9. The molecule has 0 amide bonds. The molecule has 2 aromatic heterocycles. The van der Waals surface area contributed by atoms with Crippen molar-refractivity contribution in [2.75, 3.05) is 0 Å². The van der Waals surface area contributed by atoms with Gasteiger partial charge >= 0.3 is 5.63 Å². The molecular weight excluding hydrogens is 442 g/mol. The molecule has 2 aromatic carbocycles. The van der Waals surface area contributed by atoms with Crippen molar-refractivity contribution in [1.29, 1.82) is 0 Å². The molecule has 0 fully saturated rings. The van der Waals surface area contributed by atoms with Gasteiger partial charge in [-0.05, 0) is 49.1 Å². The molecule has 0 radical (unpaired) electrons. The Labute approximate surface area is 200 Å². The van der Waals surface area contributed by atoms with Gasteiger partial charge in [-0.15, -0.1) is 6.58 Å². The van der Waals surface area contributed by atoms with Crippen LogP contribution in [0.5, 0.6) is 5.75 Å². The first kappa shape index (κ1) is 21.4. The van der Waals surface area contributed by atoms with Gasteiger partial charge in [-0.3, -0.25) is 9.59 Å². The van der Waals surface area contributed by atoms with Crippen LogP contribution in [0, 0.1) is 6.92 Å². The van der Waals surface area contributed by atoms with Crippen molar-refractivity contribution in [2.45, 2.75) is 38.6 Å². The van der Waals surface area contributed by atoms with Crippen LogP contribution >= 0.6 is 0 Å². The van der Waals surface area contributed by atoms with Crippen molar-refractivity contribution in [3.63, 3.8) is 0 Å². The van der Waals surface area contributed by atoms with E-state index in [-0.39, 0.29) is 16.9 Å². The van der Waals surface area contributed by atoms with Crippen LogP contribution in [0.25, 0.3) is 21.9 Å². The fourth-order valence-corrected chi connectivity index (χ4v) is 5.38. The number of carbonyl (C=O) groups excluding carboxylic acids is 1. The quantitative estimate of drug-likeness (QED) is 0.309. The smallest absolute Gasteiger partial charge is 0.344 e. The van der Waals surface area contributed by atoms with E-state index in [1.807, 2.05) is 43.3 Å². The first-order valence-corrected chi connectivity index (χ1v) is 11.7. The Hall–Kier alpha value is -4.19. The maximum absolute atomic E-state index is 13.9. The molecule has 0 saturated heterocycles. The van der Waals surface area contributed by atoms with Gasteiger partial charge in [0.2, 0.25) is 0 Å². The van der Waals surface area contributed by atoms with Crippen LogP contribution in [0.4, 0.5) is 0 Å². The monoisotopic (exact) mass is 465 g/mol. The Morgan fingerprint density at radius 2 is 1.91 bits per heavy atom. The molecule has 0 bridgehead atoms. The van der Waals surface area contributed by atoms with Crippen LogP contribution in [-0.4, -0.2) is 10.4 Å². The summed E-state index contributed by atoms with van der Waals surface area (Å²) in [6.45, 7) is 6.10. The summed E-state index contributed by atoms with van der Waals surface area (Å²) in [5.74, 6) is -0.0628. The van der Waals surface area contributed by atoms with E-state index in [2.05, 4.69) is 6.58 Å². The number of hydrogen-bond donors (Lipinski definition) is 0. The normalized spacial score (nSPS) is 17.3. The summed E-state index contributed by atoms with van der Waals surface area (Å²) in [6.07, 6.45) is 3.25. The summed E-state index contributed by atoms with van der Waals surface area (Å²) in [4.78, 5) is 40.5. The van der Waals surface area contributed by atoms with Crippen LogP contribution in [0.3, 0.4) is 0 Å². The molecule has 174 valence electrons. The second-order valence-electron chi connectivity index (χ2n) is 9.14. The lowest BCUT2D eigenvalue weighted by atomic mass is 9.77. The summed E-state index contributed by atoms with van der Waals surface area (Å²) in [5.41, 5.74) is 2.29. The third-order valence-electron chi connectivity index (χ3n) is 6.91. The van der Waals surface area contributed by atoms with Crippen LogP contribution in [0.15, 0.2) is 86.5 Å². The van der Waals surface area contributed by atoms with Gasteiger partial charge in [0.25, 0.3) is 5.56 Å². The first-order valence-electron chi connectivity index (χ1n) is 11.7. The second-order valence-corrected chi connectivity index (χ2v) is 9.14. The van der Waals surface area contributed by atoms with Gasteiger partial charge < -0.3 is 13.7 Å². The number of hydrogen-bond acceptors (Lipinski definition) is 5. The van der Waals surface area contributed by atoms with E-state index in [9.17, 15) is 14.4 Å². The minimum atomic E-state index is -0.865. The molecule has 0 N–H and O–H groups in total. The molecule has 4 aromatic rings. The molecule has 1 aliphatic heterocycles. The number of para-hydroxylation sites is 1. The molecule has 6 rings (SSSR count). The number of ketones is 1. The summed E-state index contributed by atoms with van der Waals surface area (Å²) in [6, 6.07) is 14.8. The lowest BCUT2D eigenvalue weighted by Gasteiger charge is -2.32. The Bertz CT molecular complexity index is 1720. The Kier molecular flexibility index (Phi) is 4.85. The minimum Gasteiger partial charge on any atom is -0.460 e. The molecule has 35 heavy (non-hydrogen) atoms. The highest BCUT2D eigenvalue weighted by Gasteiger charge is 2.41. The number of pyridine rings is 1. The largest absolute Gasteiger partial charge is 0.460 e. The maximum Gasteiger partial charge on any atom is 0.344 e. The molecule has 1 unspecified atom stereocenters. The molecule has 1 atom stereocenters. The lowest BCUT2D eigenvalue weighted by molar-refractivity contribution is -0.116. The van der Waals surface area contributed by atoms with E-state index in [1.165, 1.54) is 0 Å². The zero-order valence-corrected chi connectivity index (χ0v) is 19.3. The number of aryl methyl sites for hydroxylation is 1. The van der Waals surface area contributed by atoms with Crippen molar-refractivity contribution in [3.05, 3.63) is 110 Å². The molecular formula is C29H23NO5. The van der Waals surface area contributed by atoms with E-state index >= 15 is 0 Å². The Morgan fingerprint density at radius 3 is 2.74 bits per heavy atom. The van der Waals surface area contributed by atoms with Crippen molar-refractivity contribution in [1.82, 2.24) is 4.57 Å². The molecule has 0 spiro atoms. The fourth-order valence-electron chi connectivity index (χ4n) is 5.38. The number of rotatable bonds is 3. The molecule has 2 aliphatic rings. The molecule has 6 nitrogen and oxygen atoms in total. The van der Waals surface area contributed by atoms with E-state index in [1.54, 1.807) is 22.8 Å². The van der Waals surface area contributed by atoms with E-state index < -0.39 is 11.5 Å². The summed E-state index contributed by atoms with van der Waals surface area (Å²) < 4.78 is 13.5. The Morgan fingerprint density at radius 1 is 1.09 bits per heavy atom. The van der Waals surface area contributed by atoms with E-state index in [4.69, 9.17) is 9.15 Å². The number of benzene rings is 2. The number of fused-ring (bicyclic) bond motifs is 4. The summed E-state index contributed by atoms with van der Waals surface area (Å²) in [5, 5.41) is 1.49. The highest BCUT2D eigenvalue weighted by molar-refractivity contribution is 6.00. The molecule has 0 saturated carbocycles. The SMILES string of the molecule is C=CCn1c(=O)c(C2C3=C(CCCC3=O)Oc3c2c(=O)oc2ccccc32)cc2cc(C)ccc21. The van der Waals surface area contributed by atoms with E-state index in [0.717, 1.165) is 16.5 Å². The van der Waals surface area contributed by atoms with Gasteiger partial charge in [0, 0.05) is 30.5 Å². The number of aromatic nitrogens is 1. The third kappa shape index (κ3) is 3.21. The van der Waals surface area contributed by atoms with Crippen molar-refractivity contribution >= 4 is 27.7 Å². The zero-order chi connectivity index (χ0) is 24.3. The standard InChI is InChI=1S/C29H23NO5/c1-3-13-30-20-12-11-16(2)14-17(20)15-19(28(30)32)24-25-21(31)8-6-10-23(25)34-27-18-7-4-5-9-22(18)35-29(33)26(24)27/h3-5,7,9,11-12,14-15,24H,1,6,8,10,13H2,2H3. The van der Waals surface area contributed by atoms with Gasteiger partial charge in [-0.2, -0.15) is 0 Å². The number of nitrogens with zero attached hydrogens (tertiary/aromatic N) is 1. The molecule has 1 aliphatic carbocycles. The molecule has 6 heteroatoms. The van der Waals surface area contributed by atoms with Crippen LogP contribution in [0.1, 0.15) is 41.9 Å². The highest BCUT2D eigenvalue weighted by Crippen LogP contribution is 2.47. The van der Waals surface area contributed by atoms with Crippen LogP contribution in [0.2, 0.25) is 0 Å². The second kappa shape index (κ2) is 7.94. The van der Waals surface area contributed by atoms with Gasteiger partial charge in [-0.1, -0.05) is 29.8 Å². The lowest BCUT2D eigenvalue weighted by Crippen LogP contribution is -2.34. The van der Waals surface area contributed by atoms with Crippen LogP contribution in [-0.2, 0) is 11.3 Å². The zero-order valence-electron chi connectivity index (χ0n) is 19.3. The average Bonchev–Trinajstić information content (AvgIpc) is 2.85. The first-order chi connectivity index (χ1) is 17.0. The van der Waals surface area contributed by atoms with Gasteiger partial charge in [-0.25, -0.2) is 4.79 Å². The van der Waals surface area contributed by atoms with Crippen molar-refractivity contribution in [2.24, 2.45) is 0 Å². The van der Waals surface area contributed by atoms with Gasteiger partial charge in [0.1, 0.15) is 17.1 Å².